The Morgan fingerprint density at radius 1 is 1.42 bits per heavy atom. The van der Waals surface area contributed by atoms with Gasteiger partial charge in [-0.15, -0.1) is 5.10 Å². The molecule has 0 unspecified atom stereocenters. The maximum Gasteiger partial charge on any atom is 0.213 e. The third kappa shape index (κ3) is 4.33. The van der Waals surface area contributed by atoms with Crippen molar-refractivity contribution < 1.29 is 0 Å². The lowest BCUT2D eigenvalue weighted by molar-refractivity contribution is 0.669. The molecule has 0 aliphatic heterocycles. The van der Waals surface area contributed by atoms with Gasteiger partial charge in [0, 0.05) is 15.9 Å². The van der Waals surface area contributed by atoms with Crippen LogP contribution in [0.4, 0.5) is 0 Å². The Labute approximate surface area is 125 Å². The highest BCUT2D eigenvalue weighted by Gasteiger charge is 2.08. The Morgan fingerprint density at radius 3 is 2.95 bits per heavy atom. The van der Waals surface area contributed by atoms with E-state index in [2.05, 4.69) is 61.6 Å². The summed E-state index contributed by atoms with van der Waals surface area (Å²) in [5, 5.41) is 11.2. The molecular formula is C13H17BrN4S. The van der Waals surface area contributed by atoms with Crippen LogP contribution in [0.1, 0.15) is 24.7 Å². The van der Waals surface area contributed by atoms with Crippen molar-refractivity contribution in [2.24, 2.45) is 0 Å². The van der Waals surface area contributed by atoms with Gasteiger partial charge in [-0.2, -0.15) is 0 Å². The Hall–Kier alpha value is -0.850. The van der Waals surface area contributed by atoms with E-state index in [1.54, 1.807) is 11.8 Å². The van der Waals surface area contributed by atoms with Gasteiger partial charge in [-0.1, -0.05) is 28.9 Å². The van der Waals surface area contributed by atoms with E-state index in [-0.39, 0.29) is 0 Å². The molecule has 0 fully saturated rings. The maximum absolute atomic E-state index is 4.33. The zero-order valence-corrected chi connectivity index (χ0v) is 13.4. The van der Waals surface area contributed by atoms with Crippen molar-refractivity contribution in [1.29, 1.82) is 0 Å². The number of hydrogen-bond acceptors (Lipinski definition) is 4. The average molecular weight is 341 g/mol. The minimum absolute atomic E-state index is 0.757. The number of nitrogens with zero attached hydrogens (tertiary/aromatic N) is 2. The zero-order valence-electron chi connectivity index (χ0n) is 11.0. The molecule has 0 saturated heterocycles. The van der Waals surface area contributed by atoms with Crippen LogP contribution in [0.25, 0.3) is 0 Å². The van der Waals surface area contributed by atoms with Crippen LogP contribution < -0.4 is 5.32 Å². The van der Waals surface area contributed by atoms with Crippen LogP contribution in [-0.4, -0.2) is 21.7 Å². The van der Waals surface area contributed by atoms with E-state index in [1.807, 2.05) is 6.92 Å². The van der Waals surface area contributed by atoms with Crippen LogP contribution >= 0.6 is 27.7 Å². The fourth-order valence-electron chi connectivity index (χ4n) is 1.64. The first-order valence-corrected chi connectivity index (χ1v) is 7.86. The van der Waals surface area contributed by atoms with Crippen molar-refractivity contribution in [3.05, 3.63) is 34.1 Å². The topological polar surface area (TPSA) is 53.6 Å². The summed E-state index contributed by atoms with van der Waals surface area (Å²) in [6, 6.07) is 6.31. The third-order valence-electron chi connectivity index (χ3n) is 2.55. The lowest BCUT2D eigenvalue weighted by atomic mass is 10.2. The molecule has 0 spiro atoms. The van der Waals surface area contributed by atoms with Crippen molar-refractivity contribution in [2.45, 2.75) is 36.9 Å². The fraction of sp³-hybridized carbons (Fsp3) is 0.385. The van der Waals surface area contributed by atoms with E-state index in [9.17, 15) is 0 Å². The smallest absolute Gasteiger partial charge is 0.213 e. The monoisotopic (exact) mass is 340 g/mol. The molecule has 19 heavy (non-hydrogen) atoms. The molecule has 0 radical (unpaired) electrons. The highest BCUT2D eigenvalue weighted by atomic mass is 79.9. The van der Waals surface area contributed by atoms with Crippen LogP contribution in [0, 0.1) is 6.92 Å². The molecule has 0 atom stereocenters. The van der Waals surface area contributed by atoms with Crippen LogP contribution in [0.15, 0.2) is 32.7 Å². The standard InChI is InChI=1S/C13H17BrN4S/c1-3-6-15-8-10-4-5-11(14)7-12(10)19-13-16-9(2)17-18-13/h4-5,7,15H,3,6,8H2,1-2H3,(H,16,17,18). The van der Waals surface area contributed by atoms with Crippen molar-refractivity contribution in [1.82, 2.24) is 20.5 Å². The van der Waals surface area contributed by atoms with Gasteiger partial charge in [-0.3, -0.25) is 5.10 Å². The second-order valence-electron chi connectivity index (χ2n) is 4.23. The zero-order chi connectivity index (χ0) is 13.7. The number of benzene rings is 1. The van der Waals surface area contributed by atoms with Gasteiger partial charge in [0.25, 0.3) is 0 Å². The summed E-state index contributed by atoms with van der Waals surface area (Å²) in [5.41, 5.74) is 1.27. The predicted molar refractivity (Wildman–Crippen MR) is 81.4 cm³/mol. The second kappa shape index (κ2) is 7.07. The number of nitrogens with one attached hydrogen (secondary N) is 2. The number of aromatic nitrogens is 3. The van der Waals surface area contributed by atoms with Gasteiger partial charge in [0.05, 0.1) is 0 Å². The molecule has 2 aromatic rings. The molecule has 6 heteroatoms. The maximum atomic E-state index is 4.33. The van der Waals surface area contributed by atoms with Gasteiger partial charge < -0.3 is 5.32 Å². The van der Waals surface area contributed by atoms with Gasteiger partial charge in [0.15, 0.2) is 0 Å². The van der Waals surface area contributed by atoms with Gasteiger partial charge >= 0.3 is 0 Å². The molecule has 102 valence electrons. The summed E-state index contributed by atoms with van der Waals surface area (Å²) in [5.74, 6) is 0.836. The van der Waals surface area contributed by atoms with Crippen molar-refractivity contribution >= 4 is 27.7 Å². The quantitative estimate of drug-likeness (QED) is 0.790. The van der Waals surface area contributed by atoms with Crippen molar-refractivity contribution in [3.8, 4) is 0 Å². The first kappa shape index (κ1) is 14.6. The lowest BCUT2D eigenvalue weighted by Crippen LogP contribution is -2.14. The summed E-state index contributed by atoms with van der Waals surface area (Å²) in [7, 11) is 0. The number of aryl methyl sites for hydroxylation is 1. The summed E-state index contributed by atoms with van der Waals surface area (Å²) in [4.78, 5) is 5.51. The molecule has 0 saturated carbocycles. The SMILES string of the molecule is CCCNCc1ccc(Br)cc1Sc1n[nH]c(C)n1. The summed E-state index contributed by atoms with van der Waals surface area (Å²) in [6.07, 6.45) is 1.14. The first-order chi connectivity index (χ1) is 9.19. The van der Waals surface area contributed by atoms with Gasteiger partial charge in [0.2, 0.25) is 5.16 Å². The third-order valence-corrected chi connectivity index (χ3v) is 4.01. The Morgan fingerprint density at radius 2 is 2.26 bits per heavy atom. The Kier molecular flexibility index (Phi) is 5.42. The fourth-order valence-corrected chi connectivity index (χ4v) is 3.08. The number of H-pyrrole nitrogens is 1. The summed E-state index contributed by atoms with van der Waals surface area (Å²) >= 11 is 5.10. The largest absolute Gasteiger partial charge is 0.313 e. The number of rotatable bonds is 6. The van der Waals surface area contributed by atoms with Gasteiger partial charge in [-0.25, -0.2) is 4.98 Å². The predicted octanol–water partition coefficient (Wildman–Crippen LogP) is 3.53. The molecule has 0 aliphatic carbocycles. The molecule has 1 aromatic heterocycles. The molecule has 0 amide bonds. The molecule has 0 aliphatic rings. The number of hydrogen-bond donors (Lipinski definition) is 2. The van der Waals surface area contributed by atoms with Crippen LogP contribution in [0.5, 0.6) is 0 Å². The molecular weight excluding hydrogens is 324 g/mol. The normalized spacial score (nSPS) is 10.9. The minimum atomic E-state index is 0.757. The van der Waals surface area contributed by atoms with E-state index < -0.39 is 0 Å². The van der Waals surface area contributed by atoms with E-state index in [0.29, 0.717) is 0 Å². The highest BCUT2D eigenvalue weighted by molar-refractivity contribution is 9.10. The molecule has 1 aromatic carbocycles. The van der Waals surface area contributed by atoms with Gasteiger partial charge in [0.1, 0.15) is 5.82 Å². The van der Waals surface area contributed by atoms with Crippen LogP contribution in [0.3, 0.4) is 0 Å². The Bertz CT molecular complexity index is 541. The van der Waals surface area contributed by atoms with Gasteiger partial charge in [-0.05, 0) is 49.3 Å². The van der Waals surface area contributed by atoms with Crippen molar-refractivity contribution in [2.75, 3.05) is 6.54 Å². The number of halogens is 1. The summed E-state index contributed by atoms with van der Waals surface area (Å²) < 4.78 is 1.07. The first-order valence-electron chi connectivity index (χ1n) is 6.25. The highest BCUT2D eigenvalue weighted by Crippen LogP contribution is 2.30. The van der Waals surface area contributed by atoms with E-state index >= 15 is 0 Å². The molecule has 4 nitrogen and oxygen atoms in total. The van der Waals surface area contributed by atoms with E-state index in [1.165, 1.54) is 10.5 Å². The average Bonchev–Trinajstić information content (AvgIpc) is 2.78. The molecule has 1 heterocycles. The molecule has 2 rings (SSSR count). The molecule has 2 N–H and O–H groups in total. The van der Waals surface area contributed by atoms with E-state index in [0.717, 1.165) is 35.0 Å². The van der Waals surface area contributed by atoms with E-state index in [4.69, 9.17) is 0 Å². The van der Waals surface area contributed by atoms with Crippen molar-refractivity contribution in [3.63, 3.8) is 0 Å². The molecule has 0 bridgehead atoms. The second-order valence-corrected chi connectivity index (χ2v) is 6.16. The van der Waals surface area contributed by atoms with Crippen LogP contribution in [0.2, 0.25) is 0 Å². The Balaban J connectivity index is 2.14. The van der Waals surface area contributed by atoms with Crippen LogP contribution in [-0.2, 0) is 6.54 Å². The minimum Gasteiger partial charge on any atom is -0.313 e. The summed E-state index contributed by atoms with van der Waals surface area (Å²) in [6.45, 7) is 5.97. The lowest BCUT2D eigenvalue weighted by Gasteiger charge is -2.09. The number of aromatic amines is 1.